The molecule has 1 heterocycles. The molecule has 1 amide bonds. The Labute approximate surface area is 151 Å². The van der Waals surface area contributed by atoms with Crippen molar-refractivity contribution in [3.63, 3.8) is 0 Å². The van der Waals surface area contributed by atoms with Gasteiger partial charge in [0, 0.05) is 10.7 Å². The summed E-state index contributed by atoms with van der Waals surface area (Å²) in [5.74, 6) is 0. The lowest BCUT2D eigenvalue weighted by Crippen LogP contribution is -2.33. The van der Waals surface area contributed by atoms with Crippen LogP contribution in [0, 0.1) is 6.92 Å². The number of alkyl carbamates (subject to hydrolysis) is 1. The van der Waals surface area contributed by atoms with E-state index in [0.717, 1.165) is 11.4 Å². The molecule has 1 aromatic heterocycles. The molecule has 7 heteroatoms. The van der Waals surface area contributed by atoms with Gasteiger partial charge in [0.05, 0.1) is 18.5 Å². The minimum absolute atomic E-state index is 0.229. The number of nitrogens with zero attached hydrogens (tertiary/aromatic N) is 2. The van der Waals surface area contributed by atoms with Crippen molar-refractivity contribution in [3.05, 3.63) is 64.4 Å². The number of halogens is 1. The average Bonchev–Trinajstić information content (AvgIpc) is 2.60. The molecule has 25 heavy (non-hydrogen) atoms. The van der Waals surface area contributed by atoms with Crippen molar-refractivity contribution >= 4 is 23.4 Å². The van der Waals surface area contributed by atoms with Gasteiger partial charge in [0.15, 0.2) is 6.61 Å². The highest BCUT2D eigenvalue weighted by Crippen LogP contribution is 2.24. The fraction of sp³-hybridized carbons (Fsp3) is 0.278. The molecule has 0 radical (unpaired) electrons. The van der Waals surface area contributed by atoms with Crippen LogP contribution in [-0.2, 0) is 16.2 Å². The van der Waals surface area contributed by atoms with Crippen molar-refractivity contribution in [2.75, 3.05) is 7.11 Å². The first-order valence-corrected chi connectivity index (χ1v) is 8.07. The largest absolute Gasteiger partial charge is 0.453 e. The van der Waals surface area contributed by atoms with Crippen molar-refractivity contribution in [2.24, 2.45) is 5.16 Å². The number of amides is 1. The molecule has 0 aliphatic carbocycles. The number of carbonyl (C=O) groups excluding carboxylic acids is 1. The van der Waals surface area contributed by atoms with Crippen molar-refractivity contribution < 1.29 is 14.4 Å². The highest BCUT2D eigenvalue weighted by molar-refractivity contribution is 6.31. The number of rotatable bonds is 6. The fourth-order valence-electron chi connectivity index (χ4n) is 2.23. The van der Waals surface area contributed by atoms with Crippen LogP contribution in [0.15, 0.2) is 47.6 Å². The van der Waals surface area contributed by atoms with Gasteiger partial charge in [-0.3, -0.25) is 4.98 Å². The number of ether oxygens (including phenoxy) is 1. The van der Waals surface area contributed by atoms with E-state index >= 15 is 0 Å². The maximum Gasteiger partial charge on any atom is 0.407 e. The minimum atomic E-state index is -0.583. The molecular formula is C18H20ClN3O3. The Hall–Kier alpha value is -2.60. The Bertz CT molecular complexity index is 765. The number of carbonyl (C=O) groups is 1. The molecule has 1 atom stereocenters. The summed E-state index contributed by atoms with van der Waals surface area (Å²) < 4.78 is 4.68. The normalized spacial score (nSPS) is 12.4. The second-order valence-corrected chi connectivity index (χ2v) is 5.77. The molecule has 0 spiro atoms. The van der Waals surface area contributed by atoms with E-state index in [-0.39, 0.29) is 6.61 Å². The third kappa shape index (κ3) is 5.46. The number of hydrogen-bond acceptors (Lipinski definition) is 5. The Balaban J connectivity index is 2.15. The Kier molecular flexibility index (Phi) is 6.77. The van der Waals surface area contributed by atoms with Crippen LogP contribution in [0.4, 0.5) is 4.79 Å². The first-order valence-electron chi connectivity index (χ1n) is 7.69. The van der Waals surface area contributed by atoms with Crippen molar-refractivity contribution in [1.82, 2.24) is 10.3 Å². The number of oxime groups is 1. The van der Waals surface area contributed by atoms with Gasteiger partial charge in [-0.25, -0.2) is 4.79 Å². The van der Waals surface area contributed by atoms with Gasteiger partial charge in [0.25, 0.3) is 0 Å². The van der Waals surface area contributed by atoms with Crippen LogP contribution >= 0.6 is 11.6 Å². The van der Waals surface area contributed by atoms with Crippen molar-refractivity contribution in [2.45, 2.75) is 26.5 Å². The van der Waals surface area contributed by atoms with Crippen LogP contribution in [-0.4, -0.2) is 23.9 Å². The molecule has 0 saturated carbocycles. The number of pyridine rings is 1. The van der Waals surface area contributed by atoms with Gasteiger partial charge in [0.2, 0.25) is 0 Å². The molecule has 2 rings (SSSR count). The molecule has 1 N–H and O–H groups in total. The van der Waals surface area contributed by atoms with Crippen LogP contribution in [0.1, 0.15) is 29.9 Å². The maximum atomic E-state index is 11.7. The first kappa shape index (κ1) is 18.7. The van der Waals surface area contributed by atoms with E-state index in [0.29, 0.717) is 16.3 Å². The SMILES string of the molecule is COC(=O)NC(C(C)=NOCc1cccc(C)n1)c1ccccc1Cl. The Morgan fingerprint density at radius 2 is 2.04 bits per heavy atom. The molecule has 6 nitrogen and oxygen atoms in total. The molecule has 0 saturated heterocycles. The second kappa shape index (κ2) is 9.03. The summed E-state index contributed by atoms with van der Waals surface area (Å²) in [6.45, 7) is 3.88. The van der Waals surface area contributed by atoms with E-state index in [9.17, 15) is 4.79 Å². The average molecular weight is 362 g/mol. The lowest BCUT2D eigenvalue weighted by Gasteiger charge is -2.19. The number of nitrogens with one attached hydrogen (secondary N) is 1. The third-order valence-corrected chi connectivity index (χ3v) is 3.79. The molecule has 0 bridgehead atoms. The van der Waals surface area contributed by atoms with Gasteiger partial charge < -0.3 is 14.9 Å². The molecular weight excluding hydrogens is 342 g/mol. The van der Waals surface area contributed by atoms with Gasteiger partial charge >= 0.3 is 6.09 Å². The lowest BCUT2D eigenvalue weighted by molar-refractivity contribution is 0.126. The standard InChI is InChI=1S/C18H20ClN3O3/c1-12-7-6-8-14(20-12)11-25-22-13(2)17(21-18(23)24-3)15-9-4-5-10-16(15)19/h4-10,17H,11H2,1-3H3,(H,21,23). The molecule has 0 aliphatic heterocycles. The second-order valence-electron chi connectivity index (χ2n) is 5.37. The zero-order valence-corrected chi connectivity index (χ0v) is 15.1. The van der Waals surface area contributed by atoms with E-state index in [1.165, 1.54) is 7.11 Å². The van der Waals surface area contributed by atoms with E-state index in [1.807, 2.05) is 43.3 Å². The molecule has 0 fully saturated rings. The number of methoxy groups -OCH3 is 1. The van der Waals surface area contributed by atoms with Crippen LogP contribution in [0.2, 0.25) is 5.02 Å². The van der Waals surface area contributed by atoms with Crippen molar-refractivity contribution in [1.29, 1.82) is 0 Å². The quantitative estimate of drug-likeness (QED) is 0.622. The fourth-order valence-corrected chi connectivity index (χ4v) is 2.47. The van der Waals surface area contributed by atoms with Crippen LogP contribution in [0.5, 0.6) is 0 Å². The molecule has 132 valence electrons. The summed E-state index contributed by atoms with van der Waals surface area (Å²) >= 11 is 6.24. The third-order valence-electron chi connectivity index (χ3n) is 3.45. The number of aryl methyl sites for hydroxylation is 1. The van der Waals surface area contributed by atoms with Crippen LogP contribution < -0.4 is 5.32 Å². The topological polar surface area (TPSA) is 72.8 Å². The monoisotopic (exact) mass is 361 g/mol. The van der Waals surface area contributed by atoms with Gasteiger partial charge in [-0.1, -0.05) is 41.0 Å². The van der Waals surface area contributed by atoms with E-state index < -0.39 is 12.1 Å². The molecule has 1 aromatic carbocycles. The van der Waals surface area contributed by atoms with Crippen molar-refractivity contribution in [3.8, 4) is 0 Å². The summed E-state index contributed by atoms with van der Waals surface area (Å²) in [5, 5.41) is 7.32. The summed E-state index contributed by atoms with van der Waals surface area (Å²) in [5.41, 5.74) is 2.91. The predicted molar refractivity (Wildman–Crippen MR) is 96.6 cm³/mol. The maximum absolute atomic E-state index is 11.7. The number of aromatic nitrogens is 1. The van der Waals surface area contributed by atoms with Gasteiger partial charge in [-0.2, -0.15) is 0 Å². The van der Waals surface area contributed by atoms with Crippen LogP contribution in [0.3, 0.4) is 0 Å². The highest BCUT2D eigenvalue weighted by Gasteiger charge is 2.21. The molecule has 2 aromatic rings. The Morgan fingerprint density at radius 3 is 2.72 bits per heavy atom. The predicted octanol–water partition coefficient (Wildman–Crippen LogP) is 4.03. The van der Waals surface area contributed by atoms with Gasteiger partial charge in [-0.15, -0.1) is 0 Å². The van der Waals surface area contributed by atoms with E-state index in [2.05, 4.69) is 20.2 Å². The number of hydrogen-bond donors (Lipinski definition) is 1. The molecule has 1 unspecified atom stereocenters. The Morgan fingerprint density at radius 1 is 1.28 bits per heavy atom. The molecule has 0 aliphatic rings. The summed E-state index contributed by atoms with van der Waals surface area (Å²) in [6.07, 6.45) is -0.583. The van der Waals surface area contributed by atoms with Gasteiger partial charge in [0.1, 0.15) is 6.04 Å². The van der Waals surface area contributed by atoms with Gasteiger partial charge in [-0.05, 0) is 37.6 Å². The zero-order valence-electron chi connectivity index (χ0n) is 14.3. The van der Waals surface area contributed by atoms with Crippen LogP contribution in [0.25, 0.3) is 0 Å². The first-order chi connectivity index (χ1) is 12.0. The van der Waals surface area contributed by atoms with E-state index in [1.54, 1.807) is 13.0 Å². The summed E-state index contributed by atoms with van der Waals surface area (Å²) in [4.78, 5) is 21.4. The van der Waals surface area contributed by atoms with E-state index in [4.69, 9.17) is 16.4 Å². The number of benzene rings is 1. The lowest BCUT2D eigenvalue weighted by atomic mass is 10.0. The minimum Gasteiger partial charge on any atom is -0.453 e. The smallest absolute Gasteiger partial charge is 0.407 e. The zero-order chi connectivity index (χ0) is 18.2. The summed E-state index contributed by atoms with van der Waals surface area (Å²) in [6, 6.07) is 12.3. The summed E-state index contributed by atoms with van der Waals surface area (Å²) in [7, 11) is 1.30. The highest BCUT2D eigenvalue weighted by atomic mass is 35.5.